The van der Waals surface area contributed by atoms with Crippen molar-refractivity contribution in [2.24, 2.45) is 7.05 Å². The molecule has 0 amide bonds. The van der Waals surface area contributed by atoms with Gasteiger partial charge in [-0.15, -0.1) is 0 Å². The maximum absolute atomic E-state index is 10.4. The third-order valence-electron chi connectivity index (χ3n) is 3.24. The zero-order valence-corrected chi connectivity index (χ0v) is 13.0. The van der Waals surface area contributed by atoms with Crippen LogP contribution < -0.4 is 0 Å². The molecular weight excluding hydrogens is 339 g/mol. The number of nitrogens with zero attached hydrogens (tertiary/aromatic N) is 2. The number of benzene rings is 1. The van der Waals surface area contributed by atoms with E-state index < -0.39 is 6.10 Å². The quantitative estimate of drug-likeness (QED) is 0.859. The topological polar surface area (TPSA) is 38.0 Å². The monoisotopic (exact) mass is 356 g/mol. The maximum Gasteiger partial charge on any atom is 0.0866 e. The van der Waals surface area contributed by atoms with Gasteiger partial charge in [0.1, 0.15) is 0 Å². The first-order valence-corrected chi connectivity index (χ1v) is 6.99. The second-order valence-corrected chi connectivity index (χ2v) is 5.80. The molecule has 2 rings (SSSR count). The lowest BCUT2D eigenvalue weighted by molar-refractivity contribution is 0.177. The minimum Gasteiger partial charge on any atom is -0.388 e. The van der Waals surface area contributed by atoms with Gasteiger partial charge in [0.05, 0.1) is 11.8 Å². The molecule has 1 atom stereocenters. The highest BCUT2D eigenvalue weighted by molar-refractivity contribution is 14.1. The highest BCUT2D eigenvalue weighted by Gasteiger charge is 2.18. The Morgan fingerprint density at radius 3 is 2.39 bits per heavy atom. The molecule has 1 aromatic heterocycles. The number of aromatic nitrogens is 2. The number of aliphatic hydroxyl groups is 1. The van der Waals surface area contributed by atoms with Gasteiger partial charge in [0.25, 0.3) is 0 Å². The molecule has 0 saturated heterocycles. The van der Waals surface area contributed by atoms with E-state index in [1.807, 2.05) is 25.6 Å². The van der Waals surface area contributed by atoms with Crippen LogP contribution in [0, 0.1) is 17.4 Å². The van der Waals surface area contributed by atoms with Gasteiger partial charge in [0.15, 0.2) is 0 Å². The zero-order chi connectivity index (χ0) is 13.3. The molecule has 0 aliphatic carbocycles. The predicted molar refractivity (Wildman–Crippen MR) is 80.5 cm³/mol. The number of hydrogen-bond acceptors (Lipinski definition) is 2. The van der Waals surface area contributed by atoms with Crippen LogP contribution in [0.3, 0.4) is 0 Å². The van der Waals surface area contributed by atoms with Gasteiger partial charge in [-0.1, -0.05) is 12.1 Å². The summed E-state index contributed by atoms with van der Waals surface area (Å²) >= 11 is 2.28. The van der Waals surface area contributed by atoms with E-state index in [-0.39, 0.29) is 0 Å². The van der Waals surface area contributed by atoms with Gasteiger partial charge in [-0.25, -0.2) is 0 Å². The molecule has 0 spiro atoms. The Kier molecular flexibility index (Phi) is 4.07. The molecule has 0 bridgehead atoms. The molecular formula is C14H17IN2O. The van der Waals surface area contributed by atoms with Crippen molar-refractivity contribution in [3.63, 3.8) is 0 Å². The molecule has 0 radical (unpaired) electrons. The van der Waals surface area contributed by atoms with Crippen molar-refractivity contribution in [2.45, 2.75) is 26.4 Å². The molecule has 1 unspecified atom stereocenters. The van der Waals surface area contributed by atoms with Crippen molar-refractivity contribution >= 4 is 22.6 Å². The Balaban J connectivity index is 2.21. The third-order valence-corrected chi connectivity index (χ3v) is 3.96. The summed E-state index contributed by atoms with van der Waals surface area (Å²) in [5.41, 5.74) is 4.04. The fourth-order valence-electron chi connectivity index (χ4n) is 2.22. The van der Waals surface area contributed by atoms with Gasteiger partial charge >= 0.3 is 0 Å². The molecule has 4 heteroatoms. The average Bonchev–Trinajstić information content (AvgIpc) is 2.56. The summed E-state index contributed by atoms with van der Waals surface area (Å²) in [5, 5.41) is 14.7. The van der Waals surface area contributed by atoms with Crippen LogP contribution in [0.25, 0.3) is 0 Å². The number of aryl methyl sites for hydroxylation is 2. The molecule has 18 heavy (non-hydrogen) atoms. The van der Waals surface area contributed by atoms with Crippen molar-refractivity contribution in [2.75, 3.05) is 0 Å². The van der Waals surface area contributed by atoms with E-state index in [0.29, 0.717) is 6.42 Å². The number of rotatable bonds is 3. The SMILES string of the molecule is Cc1nn(C)c(C)c1C(O)Cc1ccc(I)cc1. The lowest BCUT2D eigenvalue weighted by Crippen LogP contribution is -2.05. The number of halogens is 1. The Bertz CT molecular complexity index is 546. The minimum atomic E-state index is -0.487. The van der Waals surface area contributed by atoms with Crippen LogP contribution in [0.1, 0.15) is 28.6 Å². The first-order valence-electron chi connectivity index (χ1n) is 5.91. The first-order chi connectivity index (χ1) is 8.49. The van der Waals surface area contributed by atoms with Crippen molar-refractivity contribution < 1.29 is 5.11 Å². The number of aliphatic hydroxyl groups excluding tert-OH is 1. The highest BCUT2D eigenvalue weighted by Crippen LogP contribution is 2.24. The van der Waals surface area contributed by atoms with Gasteiger partial charge < -0.3 is 5.11 Å². The van der Waals surface area contributed by atoms with Crippen LogP contribution in [0.15, 0.2) is 24.3 Å². The molecule has 0 fully saturated rings. The van der Waals surface area contributed by atoms with Crippen molar-refractivity contribution in [1.82, 2.24) is 9.78 Å². The van der Waals surface area contributed by atoms with Gasteiger partial charge in [-0.3, -0.25) is 4.68 Å². The molecule has 1 N–H and O–H groups in total. The first kappa shape index (κ1) is 13.5. The van der Waals surface area contributed by atoms with Crippen LogP contribution in [-0.2, 0) is 13.5 Å². The molecule has 1 heterocycles. The smallest absolute Gasteiger partial charge is 0.0866 e. The van der Waals surface area contributed by atoms with Crippen LogP contribution in [0.2, 0.25) is 0 Å². The van der Waals surface area contributed by atoms with E-state index in [4.69, 9.17) is 0 Å². The van der Waals surface area contributed by atoms with E-state index in [1.54, 1.807) is 0 Å². The fraction of sp³-hybridized carbons (Fsp3) is 0.357. The molecule has 0 aliphatic rings. The molecule has 2 aromatic rings. The normalized spacial score (nSPS) is 12.7. The minimum absolute atomic E-state index is 0.487. The van der Waals surface area contributed by atoms with Crippen LogP contribution >= 0.6 is 22.6 Å². The average molecular weight is 356 g/mol. The molecule has 1 aromatic carbocycles. The summed E-state index contributed by atoms with van der Waals surface area (Å²) in [6, 6.07) is 8.25. The van der Waals surface area contributed by atoms with Crippen LogP contribution in [0.4, 0.5) is 0 Å². The highest BCUT2D eigenvalue weighted by atomic mass is 127. The standard InChI is InChI=1S/C14H17IN2O/c1-9-14(10(2)17(3)16-9)13(18)8-11-4-6-12(15)7-5-11/h4-7,13,18H,8H2,1-3H3. The largest absolute Gasteiger partial charge is 0.388 e. The summed E-state index contributed by atoms with van der Waals surface area (Å²) in [7, 11) is 1.91. The molecule has 0 saturated carbocycles. The summed E-state index contributed by atoms with van der Waals surface area (Å²) < 4.78 is 3.03. The van der Waals surface area contributed by atoms with Crippen molar-refractivity contribution in [3.05, 3.63) is 50.4 Å². The maximum atomic E-state index is 10.4. The Labute approximate surface area is 121 Å². The third kappa shape index (κ3) is 2.75. The second-order valence-electron chi connectivity index (χ2n) is 4.55. The Morgan fingerprint density at radius 2 is 1.89 bits per heavy atom. The van der Waals surface area contributed by atoms with E-state index in [2.05, 4.69) is 52.0 Å². The second kappa shape index (κ2) is 5.40. The zero-order valence-electron chi connectivity index (χ0n) is 10.8. The fourth-order valence-corrected chi connectivity index (χ4v) is 2.58. The van der Waals surface area contributed by atoms with Crippen LogP contribution in [-0.4, -0.2) is 14.9 Å². The summed E-state index contributed by atoms with van der Waals surface area (Å²) in [5.74, 6) is 0. The van der Waals surface area contributed by atoms with Gasteiger partial charge in [0, 0.05) is 28.3 Å². The lowest BCUT2D eigenvalue weighted by atomic mass is 10.00. The van der Waals surface area contributed by atoms with Crippen LogP contribution in [0.5, 0.6) is 0 Å². The Morgan fingerprint density at radius 1 is 1.28 bits per heavy atom. The Hall–Kier alpha value is -0.880. The molecule has 0 aliphatic heterocycles. The van der Waals surface area contributed by atoms with Gasteiger partial charge in [-0.05, 0) is 54.1 Å². The lowest BCUT2D eigenvalue weighted by Gasteiger charge is -2.11. The summed E-state index contributed by atoms with van der Waals surface area (Å²) in [4.78, 5) is 0. The van der Waals surface area contributed by atoms with E-state index in [1.165, 1.54) is 3.57 Å². The summed E-state index contributed by atoms with van der Waals surface area (Å²) in [6.07, 6.45) is 0.142. The van der Waals surface area contributed by atoms with Crippen molar-refractivity contribution in [3.8, 4) is 0 Å². The van der Waals surface area contributed by atoms with Crippen molar-refractivity contribution in [1.29, 1.82) is 0 Å². The van der Waals surface area contributed by atoms with Gasteiger partial charge in [-0.2, -0.15) is 5.10 Å². The summed E-state index contributed by atoms with van der Waals surface area (Å²) in [6.45, 7) is 3.94. The van der Waals surface area contributed by atoms with E-state index in [9.17, 15) is 5.11 Å². The predicted octanol–water partition coefficient (Wildman–Crippen LogP) is 2.92. The van der Waals surface area contributed by atoms with E-state index >= 15 is 0 Å². The van der Waals surface area contributed by atoms with Gasteiger partial charge in [0.2, 0.25) is 0 Å². The molecule has 3 nitrogen and oxygen atoms in total. The molecule has 96 valence electrons. The number of hydrogen-bond donors (Lipinski definition) is 1. The van der Waals surface area contributed by atoms with E-state index in [0.717, 1.165) is 22.5 Å².